The second-order valence-corrected chi connectivity index (χ2v) is 11.2. The van der Waals surface area contributed by atoms with Crippen molar-refractivity contribution in [2.75, 3.05) is 44.7 Å². The number of carbonyl (C=O) groups is 1. The van der Waals surface area contributed by atoms with Crippen LogP contribution in [0.2, 0.25) is 0 Å². The van der Waals surface area contributed by atoms with Gasteiger partial charge >= 0.3 is 0 Å². The lowest BCUT2D eigenvalue weighted by Crippen LogP contribution is -2.49. The largest absolute Gasteiger partial charge is 0.485 e. The molecule has 31 heavy (non-hydrogen) atoms. The van der Waals surface area contributed by atoms with Gasteiger partial charge in [0, 0.05) is 32.6 Å². The average Bonchev–Trinajstić information content (AvgIpc) is 3.34. The number of likely N-dealkylation sites (N-methyl/N-ethyl adjacent to an activating group) is 2. The van der Waals surface area contributed by atoms with Crippen molar-refractivity contribution in [3.63, 3.8) is 0 Å². The van der Waals surface area contributed by atoms with E-state index in [0.29, 0.717) is 36.7 Å². The Bertz CT molecular complexity index is 1000. The highest BCUT2D eigenvalue weighted by atomic mass is 32.2. The van der Waals surface area contributed by atoms with Gasteiger partial charge in [0.05, 0.1) is 18.8 Å². The highest BCUT2D eigenvalue weighted by molar-refractivity contribution is 7.91. The molecule has 1 fully saturated rings. The highest BCUT2D eigenvalue weighted by Crippen LogP contribution is 2.33. The van der Waals surface area contributed by atoms with Gasteiger partial charge in [0.15, 0.2) is 0 Å². The summed E-state index contributed by atoms with van der Waals surface area (Å²) >= 11 is 1.23. The molecule has 0 bridgehead atoms. The number of thiophene rings is 1. The van der Waals surface area contributed by atoms with E-state index in [1.165, 1.54) is 15.6 Å². The van der Waals surface area contributed by atoms with E-state index in [0.717, 1.165) is 24.5 Å². The van der Waals surface area contributed by atoms with Crippen LogP contribution in [0.25, 0.3) is 0 Å². The number of hydrogen-bond donors (Lipinski definition) is 0. The van der Waals surface area contributed by atoms with Crippen molar-refractivity contribution in [2.24, 2.45) is 5.92 Å². The van der Waals surface area contributed by atoms with E-state index < -0.39 is 10.0 Å². The number of fused-ring (bicyclic) bond motifs is 1. The summed E-state index contributed by atoms with van der Waals surface area (Å²) in [7, 11) is -1.63. The Morgan fingerprint density at radius 3 is 2.61 bits per heavy atom. The molecular formula is C22H29N3O4S2. The van der Waals surface area contributed by atoms with Gasteiger partial charge < -0.3 is 14.5 Å². The Hall–Kier alpha value is -2.10. The molecule has 0 spiro atoms. The Morgan fingerprint density at radius 2 is 1.94 bits per heavy atom. The van der Waals surface area contributed by atoms with E-state index in [1.807, 2.05) is 25.2 Å². The second kappa shape index (κ2) is 9.18. The van der Waals surface area contributed by atoms with Crippen molar-refractivity contribution in [3.05, 3.63) is 41.8 Å². The highest BCUT2D eigenvalue weighted by Gasteiger charge is 2.34. The Kier molecular flexibility index (Phi) is 6.55. The maximum absolute atomic E-state index is 13.0. The van der Waals surface area contributed by atoms with Crippen LogP contribution in [0.15, 0.2) is 46.0 Å². The van der Waals surface area contributed by atoms with Gasteiger partial charge in [-0.15, -0.1) is 11.3 Å². The van der Waals surface area contributed by atoms with E-state index in [1.54, 1.807) is 22.4 Å². The molecule has 1 aromatic carbocycles. The molecule has 0 radical (unpaired) electrons. The standard InChI is InChI=1S/C22H29N3O4S2/c1-3-24-16-18(29-20-8-5-4-7-19(20)24)15-23(2)22(26)17-10-12-25(13-11-17)31(27,28)21-9-6-14-30-21/h4-9,14,17-18H,3,10-13,15-16H2,1-2H3/t18-/m1/s1. The van der Waals surface area contributed by atoms with Gasteiger partial charge in [-0.2, -0.15) is 4.31 Å². The first kappa shape index (κ1) is 22.1. The first-order chi connectivity index (χ1) is 14.9. The number of hydrogen-bond acceptors (Lipinski definition) is 6. The van der Waals surface area contributed by atoms with E-state index in [-0.39, 0.29) is 17.9 Å². The average molecular weight is 464 g/mol. The van der Waals surface area contributed by atoms with Crippen molar-refractivity contribution in [1.29, 1.82) is 0 Å². The third-order valence-electron chi connectivity index (χ3n) is 6.05. The number of benzene rings is 1. The molecular weight excluding hydrogens is 434 g/mol. The Morgan fingerprint density at radius 1 is 1.19 bits per heavy atom. The summed E-state index contributed by atoms with van der Waals surface area (Å²) in [5.41, 5.74) is 1.09. The van der Waals surface area contributed by atoms with Crippen molar-refractivity contribution in [1.82, 2.24) is 9.21 Å². The molecule has 7 nitrogen and oxygen atoms in total. The fourth-order valence-electron chi connectivity index (χ4n) is 4.36. The van der Waals surface area contributed by atoms with Gasteiger partial charge in [-0.1, -0.05) is 18.2 Å². The number of amides is 1. The minimum Gasteiger partial charge on any atom is -0.485 e. The van der Waals surface area contributed by atoms with Gasteiger partial charge in [0.25, 0.3) is 10.0 Å². The van der Waals surface area contributed by atoms with E-state index >= 15 is 0 Å². The zero-order valence-corrected chi connectivity index (χ0v) is 19.6. The van der Waals surface area contributed by atoms with E-state index in [4.69, 9.17) is 4.74 Å². The van der Waals surface area contributed by atoms with Gasteiger partial charge in [0.1, 0.15) is 16.1 Å². The Labute approximate surface area is 188 Å². The minimum absolute atomic E-state index is 0.0682. The molecule has 1 aromatic heterocycles. The molecule has 2 aliphatic heterocycles. The lowest BCUT2D eigenvalue weighted by molar-refractivity contribution is -0.136. The number of nitrogens with zero attached hydrogens (tertiary/aromatic N) is 3. The third kappa shape index (κ3) is 4.58. The van der Waals surface area contributed by atoms with Crippen LogP contribution >= 0.6 is 11.3 Å². The third-order valence-corrected chi connectivity index (χ3v) is 9.32. The normalized spacial score (nSPS) is 20.2. The quantitative estimate of drug-likeness (QED) is 0.659. The first-order valence-corrected chi connectivity index (χ1v) is 13.0. The van der Waals surface area contributed by atoms with Crippen LogP contribution in [-0.4, -0.2) is 69.4 Å². The molecule has 168 valence electrons. The zero-order valence-electron chi connectivity index (χ0n) is 17.9. The smallest absolute Gasteiger partial charge is 0.252 e. The number of carbonyl (C=O) groups excluding carboxylic acids is 1. The number of anilines is 1. The molecule has 0 unspecified atom stereocenters. The molecule has 9 heteroatoms. The Balaban J connectivity index is 1.33. The van der Waals surface area contributed by atoms with Crippen molar-refractivity contribution >= 4 is 33.0 Å². The minimum atomic E-state index is -3.45. The summed E-state index contributed by atoms with van der Waals surface area (Å²) in [5.74, 6) is 0.769. The predicted octanol–water partition coefficient (Wildman–Crippen LogP) is 2.89. The maximum Gasteiger partial charge on any atom is 0.252 e. The summed E-state index contributed by atoms with van der Waals surface area (Å²) in [6.07, 6.45) is 0.995. The van der Waals surface area contributed by atoms with Crippen LogP contribution in [0, 0.1) is 5.92 Å². The first-order valence-electron chi connectivity index (χ1n) is 10.7. The molecule has 2 aromatic rings. The molecule has 0 saturated carbocycles. The van der Waals surface area contributed by atoms with Gasteiger partial charge in [-0.05, 0) is 43.3 Å². The maximum atomic E-state index is 13.0. The monoisotopic (exact) mass is 463 g/mol. The molecule has 3 heterocycles. The summed E-state index contributed by atoms with van der Waals surface area (Å²) in [6.45, 7) is 5.00. The van der Waals surface area contributed by atoms with Crippen LogP contribution < -0.4 is 9.64 Å². The van der Waals surface area contributed by atoms with Crippen molar-refractivity contribution in [3.8, 4) is 5.75 Å². The molecule has 0 aliphatic carbocycles. The topological polar surface area (TPSA) is 70.2 Å². The van der Waals surface area contributed by atoms with Gasteiger partial charge in [-0.25, -0.2) is 8.42 Å². The SMILES string of the molecule is CCN1C[C@@H](CN(C)C(=O)C2CCN(S(=O)(=O)c3cccs3)CC2)Oc2ccccc21. The van der Waals surface area contributed by atoms with E-state index in [2.05, 4.69) is 17.9 Å². The molecule has 1 atom stereocenters. The van der Waals surface area contributed by atoms with Crippen LogP contribution in [0.1, 0.15) is 19.8 Å². The summed E-state index contributed by atoms with van der Waals surface area (Å²) < 4.78 is 33.4. The van der Waals surface area contributed by atoms with Crippen LogP contribution in [0.4, 0.5) is 5.69 Å². The predicted molar refractivity (Wildman–Crippen MR) is 122 cm³/mol. The van der Waals surface area contributed by atoms with Gasteiger partial charge in [0.2, 0.25) is 5.91 Å². The molecule has 2 aliphatic rings. The molecule has 1 amide bonds. The number of ether oxygens (including phenoxy) is 1. The molecule has 1 saturated heterocycles. The van der Waals surface area contributed by atoms with Crippen LogP contribution in [0.3, 0.4) is 0 Å². The fraction of sp³-hybridized carbons (Fsp3) is 0.500. The number of para-hydroxylation sites is 2. The summed E-state index contributed by atoms with van der Waals surface area (Å²) in [5, 5.41) is 1.77. The lowest BCUT2D eigenvalue weighted by atomic mass is 9.96. The van der Waals surface area contributed by atoms with E-state index in [9.17, 15) is 13.2 Å². The van der Waals surface area contributed by atoms with Crippen LogP contribution in [0.5, 0.6) is 5.75 Å². The molecule has 0 N–H and O–H groups in total. The number of sulfonamides is 1. The fourth-order valence-corrected chi connectivity index (χ4v) is 6.98. The van der Waals surface area contributed by atoms with Crippen molar-refractivity contribution in [2.45, 2.75) is 30.1 Å². The van der Waals surface area contributed by atoms with Crippen molar-refractivity contribution < 1.29 is 17.9 Å². The van der Waals surface area contributed by atoms with Crippen LogP contribution in [-0.2, 0) is 14.8 Å². The van der Waals surface area contributed by atoms with Gasteiger partial charge in [-0.3, -0.25) is 4.79 Å². The molecule has 4 rings (SSSR count). The second-order valence-electron chi connectivity index (χ2n) is 8.08. The summed E-state index contributed by atoms with van der Waals surface area (Å²) in [4.78, 5) is 17.1. The lowest BCUT2D eigenvalue weighted by Gasteiger charge is -2.38. The number of piperidine rings is 1. The number of rotatable bonds is 6. The zero-order chi connectivity index (χ0) is 22.0. The summed E-state index contributed by atoms with van der Waals surface area (Å²) in [6, 6.07) is 11.4.